The van der Waals surface area contributed by atoms with Gasteiger partial charge in [0.05, 0.1) is 32.0 Å². The molecule has 1 saturated carbocycles. The van der Waals surface area contributed by atoms with E-state index in [9.17, 15) is 14.4 Å². The van der Waals surface area contributed by atoms with Crippen LogP contribution in [0.4, 0.5) is 0 Å². The molecule has 2 N–H and O–H groups in total. The van der Waals surface area contributed by atoms with Gasteiger partial charge in [-0.3, -0.25) is 14.5 Å². The van der Waals surface area contributed by atoms with E-state index in [1.54, 1.807) is 30.5 Å². The van der Waals surface area contributed by atoms with Crippen LogP contribution < -0.4 is 10.6 Å². The molecule has 35 heavy (non-hydrogen) atoms. The Morgan fingerprint density at radius 2 is 1.63 bits per heavy atom. The fourth-order valence-corrected chi connectivity index (χ4v) is 3.64. The van der Waals surface area contributed by atoms with E-state index in [1.165, 1.54) is 7.11 Å². The number of benzene rings is 2. The number of nitrogens with one attached hydrogen (secondary N) is 2. The number of amides is 2. The van der Waals surface area contributed by atoms with Gasteiger partial charge in [0, 0.05) is 24.7 Å². The van der Waals surface area contributed by atoms with Crippen molar-refractivity contribution >= 4 is 17.8 Å². The van der Waals surface area contributed by atoms with Crippen molar-refractivity contribution in [2.45, 2.75) is 38.5 Å². The van der Waals surface area contributed by atoms with E-state index in [0.717, 1.165) is 29.7 Å². The zero-order valence-electron chi connectivity index (χ0n) is 19.7. The number of ether oxygens (including phenoxy) is 1. The molecule has 0 spiro atoms. The Hall–Kier alpha value is -3.91. The van der Waals surface area contributed by atoms with Gasteiger partial charge < -0.3 is 19.8 Å². The fraction of sp³-hybridized carbons (Fsp3) is 0.296. The van der Waals surface area contributed by atoms with E-state index in [-0.39, 0.29) is 18.4 Å². The number of hydrogen-bond donors (Lipinski definition) is 2. The highest BCUT2D eigenvalue weighted by molar-refractivity contribution is 5.94. The molecule has 1 aliphatic carbocycles. The predicted octanol–water partition coefficient (Wildman–Crippen LogP) is 3.28. The summed E-state index contributed by atoms with van der Waals surface area (Å²) in [4.78, 5) is 38.5. The average Bonchev–Trinajstić information content (AvgIpc) is 3.54. The summed E-state index contributed by atoms with van der Waals surface area (Å²) in [5, 5.41) is 5.91. The highest BCUT2D eigenvalue weighted by Crippen LogP contribution is 2.19. The molecule has 4 rings (SSSR count). The summed E-state index contributed by atoms with van der Waals surface area (Å²) in [5.41, 5.74) is 2.96. The molecule has 2 amide bonds. The van der Waals surface area contributed by atoms with Gasteiger partial charge in [0.25, 0.3) is 5.91 Å². The van der Waals surface area contributed by atoms with Crippen LogP contribution in [0.15, 0.2) is 71.3 Å². The standard InChI is InChI=1S/C27H29N3O5/c1-34-27(33)22-10-4-19(5-11-22)15-28-25(31)18-30(17-24-3-2-14-35-24)16-20-6-8-21(9-7-20)26(32)29-23-12-13-23/h2-11,14,23H,12-13,15-18H2,1H3,(H,28,31)(H,29,32). The molecule has 3 aromatic rings. The van der Waals surface area contributed by atoms with Crippen molar-refractivity contribution in [1.82, 2.24) is 15.5 Å². The minimum absolute atomic E-state index is 0.0505. The predicted molar refractivity (Wildman–Crippen MR) is 129 cm³/mol. The summed E-state index contributed by atoms with van der Waals surface area (Å²) in [5.74, 6) is 0.182. The number of rotatable bonds is 11. The first kappa shape index (κ1) is 24.2. The SMILES string of the molecule is COC(=O)c1ccc(CNC(=O)CN(Cc2ccc(C(=O)NC3CC3)cc2)Cc2ccco2)cc1. The monoisotopic (exact) mass is 475 g/mol. The topological polar surface area (TPSA) is 101 Å². The molecule has 1 heterocycles. The van der Waals surface area contributed by atoms with E-state index in [4.69, 9.17) is 9.15 Å². The molecule has 0 aliphatic heterocycles. The molecule has 8 heteroatoms. The summed E-state index contributed by atoms with van der Waals surface area (Å²) < 4.78 is 10.2. The molecular weight excluding hydrogens is 446 g/mol. The van der Waals surface area contributed by atoms with Crippen molar-refractivity contribution in [3.05, 3.63) is 94.9 Å². The van der Waals surface area contributed by atoms with E-state index >= 15 is 0 Å². The third-order valence-corrected chi connectivity index (χ3v) is 5.73. The van der Waals surface area contributed by atoms with Crippen molar-refractivity contribution in [1.29, 1.82) is 0 Å². The van der Waals surface area contributed by atoms with Gasteiger partial charge in [0.15, 0.2) is 0 Å². The Morgan fingerprint density at radius 3 is 2.26 bits per heavy atom. The van der Waals surface area contributed by atoms with Crippen molar-refractivity contribution < 1.29 is 23.5 Å². The molecule has 1 aromatic heterocycles. The average molecular weight is 476 g/mol. The Bertz CT molecular complexity index is 1140. The number of carbonyl (C=O) groups excluding carboxylic acids is 3. The Kier molecular flexibility index (Phi) is 7.95. The van der Waals surface area contributed by atoms with Gasteiger partial charge in [-0.1, -0.05) is 24.3 Å². The number of carbonyl (C=O) groups is 3. The zero-order chi connectivity index (χ0) is 24.6. The van der Waals surface area contributed by atoms with Gasteiger partial charge in [-0.05, 0) is 60.4 Å². The van der Waals surface area contributed by atoms with E-state index in [2.05, 4.69) is 10.6 Å². The van der Waals surface area contributed by atoms with Crippen LogP contribution in [0.25, 0.3) is 0 Å². The van der Waals surface area contributed by atoms with Gasteiger partial charge in [-0.25, -0.2) is 4.79 Å². The summed E-state index contributed by atoms with van der Waals surface area (Å²) in [6, 6.07) is 18.4. The first-order chi connectivity index (χ1) is 17.0. The number of hydrogen-bond acceptors (Lipinski definition) is 6. The van der Waals surface area contributed by atoms with Gasteiger partial charge in [-0.15, -0.1) is 0 Å². The van der Waals surface area contributed by atoms with Crippen LogP contribution in [0.5, 0.6) is 0 Å². The summed E-state index contributed by atoms with van der Waals surface area (Å²) in [6.07, 6.45) is 3.71. The highest BCUT2D eigenvalue weighted by Gasteiger charge is 2.23. The molecule has 182 valence electrons. The van der Waals surface area contributed by atoms with Crippen LogP contribution in [0.1, 0.15) is 50.4 Å². The molecule has 2 aromatic carbocycles. The second kappa shape index (κ2) is 11.5. The van der Waals surface area contributed by atoms with E-state index < -0.39 is 5.97 Å². The summed E-state index contributed by atoms with van der Waals surface area (Å²) in [6.45, 7) is 1.51. The molecule has 0 unspecified atom stereocenters. The van der Waals surface area contributed by atoms with Crippen LogP contribution in [-0.2, 0) is 29.2 Å². The lowest BCUT2D eigenvalue weighted by Gasteiger charge is -2.21. The second-order valence-electron chi connectivity index (χ2n) is 8.63. The number of nitrogens with zero attached hydrogens (tertiary/aromatic N) is 1. The van der Waals surface area contributed by atoms with Crippen LogP contribution in [0.3, 0.4) is 0 Å². The first-order valence-corrected chi connectivity index (χ1v) is 11.6. The van der Waals surface area contributed by atoms with Crippen molar-refractivity contribution in [3.63, 3.8) is 0 Å². The van der Waals surface area contributed by atoms with Crippen LogP contribution in [-0.4, -0.2) is 42.4 Å². The maximum Gasteiger partial charge on any atom is 0.337 e. The van der Waals surface area contributed by atoms with Gasteiger partial charge in [0.1, 0.15) is 5.76 Å². The molecule has 1 fully saturated rings. The molecule has 8 nitrogen and oxygen atoms in total. The van der Waals surface area contributed by atoms with E-state index in [0.29, 0.717) is 36.8 Å². The van der Waals surface area contributed by atoms with E-state index in [1.807, 2.05) is 41.3 Å². The largest absolute Gasteiger partial charge is 0.468 e. The molecule has 1 aliphatic rings. The number of methoxy groups -OCH3 is 1. The summed E-state index contributed by atoms with van der Waals surface area (Å²) >= 11 is 0. The van der Waals surface area contributed by atoms with Crippen LogP contribution in [0, 0.1) is 0 Å². The molecule has 0 saturated heterocycles. The maximum atomic E-state index is 12.7. The quantitative estimate of drug-likeness (QED) is 0.413. The third kappa shape index (κ3) is 7.28. The molecule has 0 atom stereocenters. The van der Waals surface area contributed by atoms with Gasteiger partial charge in [-0.2, -0.15) is 0 Å². The van der Waals surface area contributed by atoms with Gasteiger partial charge >= 0.3 is 5.97 Å². The zero-order valence-corrected chi connectivity index (χ0v) is 19.7. The van der Waals surface area contributed by atoms with Gasteiger partial charge in [0.2, 0.25) is 5.91 Å². The minimum Gasteiger partial charge on any atom is -0.468 e. The van der Waals surface area contributed by atoms with Crippen LogP contribution in [0.2, 0.25) is 0 Å². The van der Waals surface area contributed by atoms with Crippen molar-refractivity contribution in [2.24, 2.45) is 0 Å². The Balaban J connectivity index is 1.34. The lowest BCUT2D eigenvalue weighted by atomic mass is 10.1. The smallest absolute Gasteiger partial charge is 0.337 e. The van der Waals surface area contributed by atoms with Crippen molar-refractivity contribution in [3.8, 4) is 0 Å². The molecule has 0 radical (unpaired) electrons. The van der Waals surface area contributed by atoms with Crippen LogP contribution >= 0.6 is 0 Å². The fourth-order valence-electron chi connectivity index (χ4n) is 3.64. The minimum atomic E-state index is -0.397. The molecular formula is C27H29N3O5. The first-order valence-electron chi connectivity index (χ1n) is 11.6. The third-order valence-electron chi connectivity index (χ3n) is 5.73. The Morgan fingerprint density at radius 1 is 0.943 bits per heavy atom. The summed E-state index contributed by atoms with van der Waals surface area (Å²) in [7, 11) is 1.34. The Labute approximate surface area is 204 Å². The lowest BCUT2D eigenvalue weighted by molar-refractivity contribution is -0.122. The molecule has 0 bridgehead atoms. The maximum absolute atomic E-state index is 12.7. The number of furan rings is 1. The second-order valence-corrected chi connectivity index (χ2v) is 8.63. The highest BCUT2D eigenvalue weighted by atomic mass is 16.5. The van der Waals surface area contributed by atoms with Crippen molar-refractivity contribution in [2.75, 3.05) is 13.7 Å². The normalized spacial score (nSPS) is 12.9. The lowest BCUT2D eigenvalue weighted by Crippen LogP contribution is -2.36. The number of esters is 1.